The molecule has 3 rings (SSSR count). The van der Waals surface area contributed by atoms with E-state index in [1.807, 2.05) is 0 Å². The molecule has 0 radical (unpaired) electrons. The average molecular weight is 528 g/mol. The molecular formula is C24H22F6N4O3. The van der Waals surface area contributed by atoms with E-state index < -0.39 is 67.3 Å². The molecule has 0 saturated heterocycles. The minimum Gasteiger partial charge on any atom is -0.369 e. The number of hydrogen-bond donors (Lipinski definition) is 3. The normalized spacial score (nSPS) is 17.5. The van der Waals surface area contributed by atoms with Gasteiger partial charge in [0, 0.05) is 17.5 Å². The van der Waals surface area contributed by atoms with Crippen LogP contribution in [0.5, 0.6) is 0 Å². The highest BCUT2D eigenvalue weighted by Crippen LogP contribution is 2.34. The molecule has 2 aromatic rings. The van der Waals surface area contributed by atoms with Crippen LogP contribution in [0.1, 0.15) is 30.4 Å². The van der Waals surface area contributed by atoms with E-state index in [4.69, 9.17) is 5.73 Å². The number of carbonyl (C=O) groups excluding carboxylic acids is 3. The standard InChI is InChI=1S/C24H22F6N4O3/c25-23(26,27)11-10-14(16(19(31)35)12-24(28,29)30)21(36)34-20-22(37)32-17-9-5-4-8-15(17)18(33-20)13-6-2-1-3-7-13/h1-9,14,16,20H,10-12H2,(H2,31,35)(H,32,37)(H,34,36). The van der Waals surface area contributed by atoms with Gasteiger partial charge in [-0.05, 0) is 12.5 Å². The maximum atomic E-state index is 13.1. The van der Waals surface area contributed by atoms with Crippen LogP contribution in [0, 0.1) is 11.8 Å². The summed E-state index contributed by atoms with van der Waals surface area (Å²) in [6, 6.07) is 15.0. The van der Waals surface area contributed by atoms with Crippen LogP contribution in [-0.2, 0) is 14.4 Å². The van der Waals surface area contributed by atoms with Crippen molar-refractivity contribution in [2.45, 2.75) is 37.8 Å². The van der Waals surface area contributed by atoms with E-state index in [2.05, 4.69) is 15.6 Å². The lowest BCUT2D eigenvalue weighted by atomic mass is 9.84. The Kier molecular flexibility index (Phi) is 8.24. The number of nitrogens with two attached hydrogens (primary N) is 1. The third kappa shape index (κ3) is 7.54. The fourth-order valence-corrected chi connectivity index (χ4v) is 3.95. The molecule has 4 N–H and O–H groups in total. The number of fused-ring (bicyclic) bond motifs is 1. The highest BCUT2D eigenvalue weighted by Gasteiger charge is 2.44. The number of para-hydroxylation sites is 1. The summed E-state index contributed by atoms with van der Waals surface area (Å²) in [7, 11) is 0. The first kappa shape index (κ1) is 27.7. The number of carbonyl (C=O) groups is 3. The second-order valence-corrected chi connectivity index (χ2v) is 8.38. The van der Waals surface area contributed by atoms with E-state index in [0.717, 1.165) is 0 Å². The van der Waals surface area contributed by atoms with Crippen molar-refractivity contribution in [1.82, 2.24) is 5.32 Å². The summed E-state index contributed by atoms with van der Waals surface area (Å²) in [5.41, 5.74) is 6.63. The Morgan fingerprint density at radius 3 is 2.16 bits per heavy atom. The highest BCUT2D eigenvalue weighted by atomic mass is 19.4. The van der Waals surface area contributed by atoms with E-state index in [-0.39, 0.29) is 5.71 Å². The highest BCUT2D eigenvalue weighted by molar-refractivity contribution is 6.19. The van der Waals surface area contributed by atoms with Crippen LogP contribution in [0.25, 0.3) is 0 Å². The number of aliphatic imine (C=N–C) groups is 1. The molecule has 0 bridgehead atoms. The number of anilines is 1. The lowest BCUT2D eigenvalue weighted by Gasteiger charge is -2.26. The van der Waals surface area contributed by atoms with Crippen molar-refractivity contribution < 1.29 is 40.7 Å². The zero-order valence-electron chi connectivity index (χ0n) is 19.1. The second-order valence-electron chi connectivity index (χ2n) is 8.38. The van der Waals surface area contributed by atoms with Gasteiger partial charge >= 0.3 is 12.4 Å². The van der Waals surface area contributed by atoms with Crippen molar-refractivity contribution in [1.29, 1.82) is 0 Å². The zero-order valence-corrected chi connectivity index (χ0v) is 19.1. The Hall–Kier alpha value is -3.90. The third-order valence-corrected chi connectivity index (χ3v) is 5.65. The molecular weight excluding hydrogens is 506 g/mol. The molecule has 7 nitrogen and oxygen atoms in total. The number of nitrogens with zero attached hydrogens (tertiary/aromatic N) is 1. The Labute approximate surface area is 207 Å². The largest absolute Gasteiger partial charge is 0.389 e. The van der Waals surface area contributed by atoms with E-state index >= 15 is 0 Å². The van der Waals surface area contributed by atoms with Crippen molar-refractivity contribution >= 4 is 29.1 Å². The third-order valence-electron chi connectivity index (χ3n) is 5.65. The SMILES string of the molecule is NC(=O)C(CC(F)(F)F)C(CCC(F)(F)F)C(=O)NC1N=C(c2ccccc2)c2ccccc2NC1=O. The van der Waals surface area contributed by atoms with Gasteiger partial charge in [-0.2, -0.15) is 26.3 Å². The van der Waals surface area contributed by atoms with Gasteiger partial charge < -0.3 is 16.4 Å². The first-order valence-corrected chi connectivity index (χ1v) is 11.0. The molecule has 3 amide bonds. The summed E-state index contributed by atoms with van der Waals surface area (Å²) < 4.78 is 77.9. The van der Waals surface area contributed by atoms with Crippen molar-refractivity contribution in [2.75, 3.05) is 5.32 Å². The zero-order chi connectivity index (χ0) is 27.4. The quantitative estimate of drug-likeness (QED) is 0.451. The topological polar surface area (TPSA) is 114 Å². The molecule has 1 heterocycles. The van der Waals surface area contributed by atoms with Crippen LogP contribution < -0.4 is 16.4 Å². The average Bonchev–Trinajstić information content (AvgIpc) is 2.93. The minimum absolute atomic E-state index is 0.244. The molecule has 13 heteroatoms. The van der Waals surface area contributed by atoms with Crippen LogP contribution in [0.15, 0.2) is 59.6 Å². The number of hydrogen-bond acceptors (Lipinski definition) is 4. The number of benzodiazepines with no additional fused rings is 1. The first-order valence-electron chi connectivity index (χ1n) is 11.0. The predicted molar refractivity (Wildman–Crippen MR) is 121 cm³/mol. The number of benzene rings is 2. The van der Waals surface area contributed by atoms with Gasteiger partial charge in [-0.25, -0.2) is 4.99 Å². The number of amides is 3. The molecule has 0 spiro atoms. The maximum Gasteiger partial charge on any atom is 0.389 e. The van der Waals surface area contributed by atoms with Gasteiger partial charge in [-0.3, -0.25) is 14.4 Å². The van der Waals surface area contributed by atoms with Gasteiger partial charge in [0.15, 0.2) is 0 Å². The predicted octanol–water partition coefficient (Wildman–Crippen LogP) is 3.93. The summed E-state index contributed by atoms with van der Waals surface area (Å²) >= 11 is 0. The lowest BCUT2D eigenvalue weighted by molar-refractivity contribution is -0.164. The fraction of sp³-hybridized carbons (Fsp3) is 0.333. The smallest absolute Gasteiger partial charge is 0.369 e. The molecule has 3 atom stereocenters. The summed E-state index contributed by atoms with van der Waals surface area (Å²) in [5.74, 6) is -8.27. The van der Waals surface area contributed by atoms with Crippen molar-refractivity contribution in [3.8, 4) is 0 Å². The second kappa shape index (κ2) is 11.0. The van der Waals surface area contributed by atoms with Crippen LogP contribution in [0.2, 0.25) is 0 Å². The molecule has 0 fully saturated rings. The molecule has 3 unspecified atom stereocenters. The van der Waals surface area contributed by atoms with Gasteiger partial charge in [0.25, 0.3) is 5.91 Å². The molecule has 1 aliphatic heterocycles. The summed E-state index contributed by atoms with van der Waals surface area (Å²) in [4.78, 5) is 42.0. The molecule has 0 saturated carbocycles. The van der Waals surface area contributed by atoms with Crippen LogP contribution in [0.4, 0.5) is 32.0 Å². The fourth-order valence-electron chi connectivity index (χ4n) is 3.95. The molecule has 2 aromatic carbocycles. The molecule has 0 aliphatic carbocycles. The number of primary amides is 1. The Morgan fingerprint density at radius 1 is 0.946 bits per heavy atom. The summed E-state index contributed by atoms with van der Waals surface area (Å²) in [6.07, 6.45) is -16.2. The van der Waals surface area contributed by atoms with Crippen molar-refractivity contribution in [3.05, 3.63) is 65.7 Å². The summed E-state index contributed by atoms with van der Waals surface area (Å²) in [5, 5.41) is 4.66. The number of rotatable bonds is 8. The van der Waals surface area contributed by atoms with Crippen LogP contribution >= 0.6 is 0 Å². The molecule has 0 aromatic heterocycles. The van der Waals surface area contributed by atoms with E-state index in [0.29, 0.717) is 16.8 Å². The maximum absolute atomic E-state index is 13.1. The van der Waals surface area contributed by atoms with Gasteiger partial charge in [0.2, 0.25) is 18.0 Å². The van der Waals surface area contributed by atoms with Crippen molar-refractivity contribution in [2.24, 2.45) is 22.6 Å². The molecule has 1 aliphatic rings. The monoisotopic (exact) mass is 528 g/mol. The number of alkyl halides is 6. The molecule has 37 heavy (non-hydrogen) atoms. The summed E-state index contributed by atoms with van der Waals surface area (Å²) in [6.45, 7) is 0. The van der Waals surface area contributed by atoms with Gasteiger partial charge in [-0.15, -0.1) is 0 Å². The lowest BCUT2D eigenvalue weighted by Crippen LogP contribution is -2.48. The van der Waals surface area contributed by atoms with Crippen LogP contribution in [-0.4, -0.2) is 42.0 Å². The van der Waals surface area contributed by atoms with Gasteiger partial charge in [0.1, 0.15) is 0 Å². The van der Waals surface area contributed by atoms with E-state index in [1.54, 1.807) is 54.6 Å². The van der Waals surface area contributed by atoms with Crippen LogP contribution in [0.3, 0.4) is 0 Å². The van der Waals surface area contributed by atoms with E-state index in [1.165, 1.54) is 0 Å². The molecule has 198 valence electrons. The van der Waals surface area contributed by atoms with Crippen molar-refractivity contribution in [3.63, 3.8) is 0 Å². The Morgan fingerprint density at radius 2 is 1.57 bits per heavy atom. The van der Waals surface area contributed by atoms with E-state index in [9.17, 15) is 40.7 Å². The number of halogens is 6. The first-order chi connectivity index (χ1) is 17.2. The Bertz CT molecular complexity index is 1180. The minimum atomic E-state index is -4.99. The van der Waals surface area contributed by atoms with Gasteiger partial charge in [0.05, 0.1) is 29.7 Å². The van der Waals surface area contributed by atoms with Gasteiger partial charge in [-0.1, -0.05) is 48.5 Å². The Balaban J connectivity index is 1.99. The number of nitrogens with one attached hydrogen (secondary N) is 2.